The van der Waals surface area contributed by atoms with Crippen molar-refractivity contribution in [1.82, 2.24) is 0 Å². The molecule has 1 heterocycles. The number of hydrogen-bond donors (Lipinski definition) is 0. The first-order valence-electron chi connectivity index (χ1n) is 11.8. The summed E-state index contributed by atoms with van der Waals surface area (Å²) in [7, 11) is 0. The second-order valence-corrected chi connectivity index (χ2v) is 9.06. The van der Waals surface area contributed by atoms with Crippen molar-refractivity contribution >= 4 is 40.7 Å². The van der Waals surface area contributed by atoms with Crippen LogP contribution in [-0.4, -0.2) is 31.3 Å². The third-order valence-corrected chi connectivity index (χ3v) is 6.34. The molecule has 0 radical (unpaired) electrons. The second kappa shape index (κ2) is 10.8. The Morgan fingerprint density at radius 3 is 2.37 bits per heavy atom. The molecule has 3 aromatic carbocycles. The summed E-state index contributed by atoms with van der Waals surface area (Å²) < 4.78 is 5.92. The Hall–Kier alpha value is -3.57. The van der Waals surface area contributed by atoms with Gasteiger partial charge in [-0.05, 0) is 93.4 Å². The second-order valence-electron chi connectivity index (χ2n) is 8.62. The lowest BCUT2D eigenvalue weighted by Gasteiger charge is -2.24. The minimum atomic E-state index is -0.142. The largest absolute Gasteiger partial charge is 0.492 e. The minimum Gasteiger partial charge on any atom is -0.492 e. The number of ether oxygens (including phenoxy) is 1. The lowest BCUT2D eigenvalue weighted by Crippen LogP contribution is -2.28. The van der Waals surface area contributed by atoms with Crippen molar-refractivity contribution in [3.05, 3.63) is 94.0 Å². The molecule has 0 saturated carbocycles. The summed E-state index contributed by atoms with van der Waals surface area (Å²) in [6.07, 6.45) is 1.92. The van der Waals surface area contributed by atoms with Crippen molar-refractivity contribution in [1.29, 1.82) is 0 Å². The van der Waals surface area contributed by atoms with Gasteiger partial charge >= 0.3 is 0 Å². The maximum absolute atomic E-state index is 13.1. The van der Waals surface area contributed by atoms with Gasteiger partial charge in [0.1, 0.15) is 12.4 Å². The molecular weight excluding hydrogens is 458 g/mol. The van der Waals surface area contributed by atoms with Crippen LogP contribution in [0.3, 0.4) is 0 Å². The van der Waals surface area contributed by atoms with Gasteiger partial charge in [-0.25, -0.2) is 0 Å². The summed E-state index contributed by atoms with van der Waals surface area (Å²) in [6.45, 7) is 10.4. The van der Waals surface area contributed by atoms with E-state index in [0.29, 0.717) is 28.6 Å². The lowest BCUT2D eigenvalue weighted by atomic mass is 10.0. The van der Waals surface area contributed by atoms with Gasteiger partial charge in [0.15, 0.2) is 0 Å². The van der Waals surface area contributed by atoms with Gasteiger partial charge in [-0.2, -0.15) is 10.1 Å². The van der Waals surface area contributed by atoms with Crippen LogP contribution >= 0.6 is 11.6 Å². The monoisotopic (exact) mass is 487 g/mol. The van der Waals surface area contributed by atoms with E-state index in [-0.39, 0.29) is 5.91 Å². The summed E-state index contributed by atoms with van der Waals surface area (Å²) in [5.41, 5.74) is 6.42. The van der Waals surface area contributed by atoms with E-state index in [1.54, 1.807) is 24.3 Å². The van der Waals surface area contributed by atoms with Crippen LogP contribution in [0.4, 0.5) is 11.4 Å². The SMILES string of the molecule is CCN(CCOc1ccc(C)cc1)c1ccc(/C=C2/C(=O)N(c3ccc(Cl)cc3)N=C2C)c(C)c1. The van der Waals surface area contributed by atoms with Gasteiger partial charge in [-0.15, -0.1) is 0 Å². The molecule has 1 amide bonds. The van der Waals surface area contributed by atoms with Crippen LogP contribution in [0.25, 0.3) is 6.08 Å². The fourth-order valence-electron chi connectivity index (χ4n) is 3.99. The molecule has 1 aliphatic rings. The van der Waals surface area contributed by atoms with E-state index in [9.17, 15) is 4.79 Å². The number of anilines is 2. The quantitative estimate of drug-likeness (QED) is 0.333. The molecule has 0 bridgehead atoms. The number of halogens is 1. The molecule has 0 saturated heterocycles. The number of rotatable bonds is 8. The summed E-state index contributed by atoms with van der Waals surface area (Å²) in [5, 5.41) is 6.51. The van der Waals surface area contributed by atoms with Gasteiger partial charge < -0.3 is 9.64 Å². The summed E-state index contributed by atoms with van der Waals surface area (Å²) >= 11 is 5.98. The Morgan fingerprint density at radius 2 is 1.71 bits per heavy atom. The maximum Gasteiger partial charge on any atom is 0.280 e. The molecule has 180 valence electrons. The Kier molecular flexibility index (Phi) is 7.57. The van der Waals surface area contributed by atoms with E-state index in [1.165, 1.54) is 10.6 Å². The molecule has 0 aliphatic carbocycles. The molecule has 0 N–H and O–H groups in total. The van der Waals surface area contributed by atoms with Crippen molar-refractivity contribution in [3.8, 4) is 5.75 Å². The van der Waals surface area contributed by atoms with Gasteiger partial charge in [0.2, 0.25) is 0 Å². The average molecular weight is 488 g/mol. The molecule has 6 heteroatoms. The Morgan fingerprint density at radius 1 is 1.00 bits per heavy atom. The standard InChI is InChI=1S/C29H30ClN3O2/c1-5-32(16-17-35-27-14-6-20(2)7-15-27)26-11-8-23(21(3)18-26)19-28-22(4)31-33(29(28)34)25-12-9-24(30)10-13-25/h6-15,18-19H,5,16-17H2,1-4H3/b28-19+. The van der Waals surface area contributed by atoms with Crippen molar-refractivity contribution in [2.75, 3.05) is 29.6 Å². The third-order valence-electron chi connectivity index (χ3n) is 6.08. The molecule has 4 rings (SSSR count). The maximum atomic E-state index is 13.1. The number of carbonyl (C=O) groups is 1. The highest BCUT2D eigenvalue weighted by atomic mass is 35.5. The molecule has 0 atom stereocenters. The van der Waals surface area contributed by atoms with E-state index >= 15 is 0 Å². The molecule has 35 heavy (non-hydrogen) atoms. The summed E-state index contributed by atoms with van der Waals surface area (Å²) in [5.74, 6) is 0.743. The molecule has 3 aromatic rings. The number of nitrogens with zero attached hydrogens (tertiary/aromatic N) is 3. The van der Waals surface area contributed by atoms with Gasteiger partial charge in [-0.1, -0.05) is 35.4 Å². The third kappa shape index (κ3) is 5.75. The Bertz CT molecular complexity index is 1260. The molecule has 0 aromatic heterocycles. The van der Waals surface area contributed by atoms with Crippen molar-refractivity contribution < 1.29 is 9.53 Å². The van der Waals surface area contributed by atoms with Crippen molar-refractivity contribution in [3.63, 3.8) is 0 Å². The minimum absolute atomic E-state index is 0.142. The van der Waals surface area contributed by atoms with Crippen LogP contribution < -0.4 is 14.6 Å². The van der Waals surface area contributed by atoms with Gasteiger partial charge in [0.05, 0.1) is 23.5 Å². The van der Waals surface area contributed by atoms with Crippen LogP contribution in [0.2, 0.25) is 5.02 Å². The highest BCUT2D eigenvalue weighted by Crippen LogP contribution is 2.28. The van der Waals surface area contributed by atoms with Crippen LogP contribution in [0, 0.1) is 13.8 Å². The molecule has 0 unspecified atom stereocenters. The fourth-order valence-corrected chi connectivity index (χ4v) is 4.12. The van der Waals surface area contributed by atoms with E-state index in [0.717, 1.165) is 35.7 Å². The number of aryl methyl sites for hydroxylation is 2. The van der Waals surface area contributed by atoms with E-state index in [2.05, 4.69) is 61.1 Å². The number of amides is 1. The number of likely N-dealkylation sites (N-methyl/N-ethyl adjacent to an activating group) is 1. The van der Waals surface area contributed by atoms with Gasteiger partial charge in [0.25, 0.3) is 5.91 Å². The Labute approximate surface area is 212 Å². The van der Waals surface area contributed by atoms with Crippen LogP contribution in [0.5, 0.6) is 5.75 Å². The number of benzene rings is 3. The molecule has 0 spiro atoms. The summed E-state index contributed by atoms with van der Waals surface area (Å²) in [4.78, 5) is 15.4. The molecule has 0 fully saturated rings. The number of hydrazone groups is 1. The lowest BCUT2D eigenvalue weighted by molar-refractivity contribution is -0.114. The first-order valence-corrected chi connectivity index (χ1v) is 12.2. The highest BCUT2D eigenvalue weighted by Gasteiger charge is 2.28. The van der Waals surface area contributed by atoms with Crippen molar-refractivity contribution in [2.24, 2.45) is 5.10 Å². The van der Waals surface area contributed by atoms with E-state index in [1.807, 2.05) is 25.1 Å². The Balaban J connectivity index is 1.46. The van der Waals surface area contributed by atoms with Gasteiger partial charge in [-0.3, -0.25) is 4.79 Å². The first-order chi connectivity index (χ1) is 16.9. The van der Waals surface area contributed by atoms with Gasteiger partial charge in [0, 0.05) is 17.3 Å². The normalized spacial score (nSPS) is 14.4. The fraction of sp³-hybridized carbons (Fsp3) is 0.241. The van der Waals surface area contributed by atoms with Crippen molar-refractivity contribution in [2.45, 2.75) is 27.7 Å². The zero-order valence-corrected chi connectivity index (χ0v) is 21.3. The predicted octanol–water partition coefficient (Wildman–Crippen LogP) is 6.67. The number of hydrogen-bond acceptors (Lipinski definition) is 4. The number of carbonyl (C=O) groups excluding carboxylic acids is 1. The van der Waals surface area contributed by atoms with E-state index in [4.69, 9.17) is 16.3 Å². The van der Waals surface area contributed by atoms with Crippen LogP contribution in [-0.2, 0) is 4.79 Å². The summed E-state index contributed by atoms with van der Waals surface area (Å²) in [6, 6.07) is 21.5. The van der Waals surface area contributed by atoms with Crippen LogP contribution in [0.15, 0.2) is 77.4 Å². The highest BCUT2D eigenvalue weighted by molar-refractivity contribution is 6.32. The predicted molar refractivity (Wildman–Crippen MR) is 146 cm³/mol. The molecule has 1 aliphatic heterocycles. The van der Waals surface area contributed by atoms with E-state index < -0.39 is 0 Å². The molecular formula is C29H30ClN3O2. The first kappa shape index (κ1) is 24.6. The topological polar surface area (TPSA) is 45.1 Å². The molecule has 5 nitrogen and oxygen atoms in total. The average Bonchev–Trinajstić information content (AvgIpc) is 3.13. The zero-order chi connectivity index (χ0) is 24.9. The van der Waals surface area contributed by atoms with Crippen LogP contribution in [0.1, 0.15) is 30.5 Å². The zero-order valence-electron chi connectivity index (χ0n) is 20.6. The smallest absolute Gasteiger partial charge is 0.280 e.